The minimum Gasteiger partial charge on any atom is -0.396 e. The second kappa shape index (κ2) is 4.44. The summed E-state index contributed by atoms with van der Waals surface area (Å²) in [5.41, 5.74) is 5.54. The third-order valence-electron chi connectivity index (χ3n) is 2.38. The summed E-state index contributed by atoms with van der Waals surface area (Å²) in [6, 6.07) is 3.51. The SMILES string of the molecule is Cn1ncc(N)c1C(=O)Nc1cccc(F)c1F. The molecule has 0 bridgehead atoms. The first-order valence-electron chi connectivity index (χ1n) is 5.03. The van der Waals surface area contributed by atoms with Crippen molar-refractivity contribution in [1.29, 1.82) is 0 Å². The van der Waals surface area contributed by atoms with Gasteiger partial charge in [0, 0.05) is 7.05 Å². The van der Waals surface area contributed by atoms with Crippen molar-refractivity contribution in [3.8, 4) is 0 Å². The summed E-state index contributed by atoms with van der Waals surface area (Å²) < 4.78 is 27.6. The van der Waals surface area contributed by atoms with Crippen molar-refractivity contribution in [3.05, 3.63) is 41.7 Å². The summed E-state index contributed by atoms with van der Waals surface area (Å²) in [6.45, 7) is 0. The molecule has 0 atom stereocenters. The van der Waals surface area contributed by atoms with Gasteiger partial charge in [-0.15, -0.1) is 0 Å². The molecule has 94 valence electrons. The molecule has 2 rings (SSSR count). The average molecular weight is 252 g/mol. The smallest absolute Gasteiger partial charge is 0.276 e. The number of anilines is 2. The summed E-state index contributed by atoms with van der Waals surface area (Å²) in [7, 11) is 1.52. The van der Waals surface area contributed by atoms with Crippen LogP contribution in [-0.2, 0) is 7.05 Å². The van der Waals surface area contributed by atoms with E-state index >= 15 is 0 Å². The van der Waals surface area contributed by atoms with Crippen LogP contribution in [0.25, 0.3) is 0 Å². The van der Waals surface area contributed by atoms with Gasteiger partial charge in [0.1, 0.15) is 5.69 Å². The number of nitrogen functional groups attached to an aromatic ring is 1. The van der Waals surface area contributed by atoms with Crippen molar-refractivity contribution in [1.82, 2.24) is 9.78 Å². The molecular weight excluding hydrogens is 242 g/mol. The zero-order valence-electron chi connectivity index (χ0n) is 9.45. The maximum absolute atomic E-state index is 13.4. The molecule has 1 aromatic carbocycles. The summed E-state index contributed by atoms with van der Waals surface area (Å²) >= 11 is 0. The van der Waals surface area contributed by atoms with E-state index in [4.69, 9.17) is 5.73 Å². The topological polar surface area (TPSA) is 72.9 Å². The van der Waals surface area contributed by atoms with Crippen molar-refractivity contribution < 1.29 is 13.6 Å². The van der Waals surface area contributed by atoms with Crippen molar-refractivity contribution in [2.75, 3.05) is 11.1 Å². The second-order valence-corrected chi connectivity index (χ2v) is 3.63. The van der Waals surface area contributed by atoms with Crippen LogP contribution in [0.3, 0.4) is 0 Å². The highest BCUT2D eigenvalue weighted by molar-refractivity contribution is 6.06. The van der Waals surface area contributed by atoms with Gasteiger partial charge < -0.3 is 11.1 Å². The number of hydrogen-bond acceptors (Lipinski definition) is 3. The molecule has 1 aromatic heterocycles. The van der Waals surface area contributed by atoms with Crippen molar-refractivity contribution >= 4 is 17.3 Å². The van der Waals surface area contributed by atoms with Crippen LogP contribution in [0.4, 0.5) is 20.2 Å². The van der Waals surface area contributed by atoms with Crippen molar-refractivity contribution in [3.63, 3.8) is 0 Å². The Morgan fingerprint density at radius 3 is 2.78 bits per heavy atom. The molecule has 0 aliphatic heterocycles. The zero-order chi connectivity index (χ0) is 13.3. The Kier molecular flexibility index (Phi) is 2.97. The number of nitrogens with one attached hydrogen (secondary N) is 1. The highest BCUT2D eigenvalue weighted by Gasteiger charge is 2.17. The van der Waals surface area contributed by atoms with E-state index in [-0.39, 0.29) is 17.1 Å². The number of amides is 1. The molecule has 5 nitrogen and oxygen atoms in total. The Hall–Kier alpha value is -2.44. The van der Waals surface area contributed by atoms with Gasteiger partial charge in [-0.1, -0.05) is 6.07 Å². The van der Waals surface area contributed by atoms with Crippen LogP contribution in [0.15, 0.2) is 24.4 Å². The first-order valence-corrected chi connectivity index (χ1v) is 5.03. The molecule has 7 heteroatoms. The maximum atomic E-state index is 13.4. The first kappa shape index (κ1) is 12.0. The van der Waals surface area contributed by atoms with E-state index in [1.807, 2.05) is 0 Å². The predicted molar refractivity (Wildman–Crippen MR) is 61.9 cm³/mol. The fourth-order valence-electron chi connectivity index (χ4n) is 1.51. The van der Waals surface area contributed by atoms with Gasteiger partial charge in [0.25, 0.3) is 5.91 Å². The summed E-state index contributed by atoms with van der Waals surface area (Å²) in [5.74, 6) is -2.81. The minimum atomic E-state index is -1.12. The van der Waals surface area contributed by atoms with E-state index in [0.29, 0.717) is 0 Å². The van der Waals surface area contributed by atoms with E-state index in [1.165, 1.54) is 30.1 Å². The van der Waals surface area contributed by atoms with Crippen molar-refractivity contribution in [2.24, 2.45) is 7.05 Å². The molecule has 0 fully saturated rings. The third-order valence-corrected chi connectivity index (χ3v) is 2.38. The van der Waals surface area contributed by atoms with Gasteiger partial charge in [0.05, 0.1) is 17.6 Å². The van der Waals surface area contributed by atoms with Gasteiger partial charge in [-0.25, -0.2) is 8.78 Å². The number of nitrogens with two attached hydrogens (primary N) is 1. The van der Waals surface area contributed by atoms with Crippen LogP contribution in [0.2, 0.25) is 0 Å². The number of aromatic nitrogens is 2. The standard InChI is InChI=1S/C11H10F2N4O/c1-17-10(7(14)5-15-17)11(18)16-8-4-2-3-6(12)9(8)13/h2-5H,14H2,1H3,(H,16,18). The molecule has 0 saturated heterocycles. The van der Waals surface area contributed by atoms with Crippen LogP contribution in [0, 0.1) is 11.6 Å². The lowest BCUT2D eigenvalue weighted by Crippen LogP contribution is -2.18. The van der Waals surface area contributed by atoms with Gasteiger partial charge in [0.15, 0.2) is 11.6 Å². The fourth-order valence-corrected chi connectivity index (χ4v) is 1.51. The number of carbonyl (C=O) groups excluding carboxylic acids is 1. The van der Waals surface area contributed by atoms with Crippen LogP contribution in [-0.4, -0.2) is 15.7 Å². The summed E-state index contributed by atoms with van der Waals surface area (Å²) in [4.78, 5) is 11.8. The summed E-state index contributed by atoms with van der Waals surface area (Å²) in [6.07, 6.45) is 1.30. The highest BCUT2D eigenvalue weighted by atomic mass is 19.2. The van der Waals surface area contributed by atoms with E-state index in [9.17, 15) is 13.6 Å². The van der Waals surface area contributed by atoms with E-state index in [1.54, 1.807) is 0 Å². The molecule has 18 heavy (non-hydrogen) atoms. The molecule has 0 spiro atoms. The number of hydrogen-bond donors (Lipinski definition) is 2. The quantitative estimate of drug-likeness (QED) is 0.851. The molecule has 2 aromatic rings. The number of aryl methyl sites for hydroxylation is 1. The Morgan fingerprint density at radius 2 is 2.17 bits per heavy atom. The highest BCUT2D eigenvalue weighted by Crippen LogP contribution is 2.18. The monoisotopic (exact) mass is 252 g/mol. The number of nitrogens with zero attached hydrogens (tertiary/aromatic N) is 2. The van der Waals surface area contributed by atoms with Gasteiger partial charge >= 0.3 is 0 Å². The Labute approximate surface area is 101 Å². The zero-order valence-corrected chi connectivity index (χ0v) is 9.45. The summed E-state index contributed by atoms with van der Waals surface area (Å²) in [5, 5.41) is 6.02. The number of benzene rings is 1. The third kappa shape index (κ3) is 2.02. The van der Waals surface area contributed by atoms with Gasteiger partial charge in [-0.2, -0.15) is 5.10 Å². The second-order valence-electron chi connectivity index (χ2n) is 3.63. The van der Waals surface area contributed by atoms with Crippen LogP contribution < -0.4 is 11.1 Å². The lowest BCUT2D eigenvalue weighted by atomic mass is 10.2. The Balaban J connectivity index is 2.30. The molecule has 0 aliphatic rings. The minimum absolute atomic E-state index is 0.0821. The van der Waals surface area contributed by atoms with Gasteiger partial charge in [-0.05, 0) is 12.1 Å². The molecular formula is C11H10F2N4O. The maximum Gasteiger partial charge on any atom is 0.276 e. The normalized spacial score (nSPS) is 10.4. The Bertz CT molecular complexity index is 590. The van der Waals surface area contributed by atoms with Crippen molar-refractivity contribution in [2.45, 2.75) is 0 Å². The van der Waals surface area contributed by atoms with Crippen LogP contribution in [0.1, 0.15) is 10.5 Å². The predicted octanol–water partition coefficient (Wildman–Crippen LogP) is 1.53. The van der Waals surface area contributed by atoms with Crippen LogP contribution >= 0.6 is 0 Å². The van der Waals surface area contributed by atoms with E-state index < -0.39 is 17.5 Å². The first-order chi connectivity index (χ1) is 8.50. The molecule has 0 aliphatic carbocycles. The average Bonchev–Trinajstić information content (AvgIpc) is 2.65. The van der Waals surface area contributed by atoms with Crippen LogP contribution in [0.5, 0.6) is 0 Å². The molecule has 1 amide bonds. The van der Waals surface area contributed by atoms with Gasteiger partial charge in [-0.3, -0.25) is 9.48 Å². The van der Waals surface area contributed by atoms with E-state index in [2.05, 4.69) is 10.4 Å². The van der Waals surface area contributed by atoms with Gasteiger partial charge in [0.2, 0.25) is 0 Å². The lowest BCUT2D eigenvalue weighted by molar-refractivity contribution is 0.101. The number of halogens is 2. The molecule has 0 unspecified atom stereocenters. The lowest BCUT2D eigenvalue weighted by Gasteiger charge is -2.07. The molecule has 0 radical (unpaired) electrons. The Morgan fingerprint density at radius 1 is 1.44 bits per heavy atom. The molecule has 1 heterocycles. The molecule has 0 saturated carbocycles. The fraction of sp³-hybridized carbons (Fsp3) is 0.0909. The number of carbonyl (C=O) groups is 1. The molecule has 3 N–H and O–H groups in total. The number of rotatable bonds is 2. The largest absolute Gasteiger partial charge is 0.396 e. The van der Waals surface area contributed by atoms with E-state index in [0.717, 1.165) is 6.07 Å².